The van der Waals surface area contributed by atoms with E-state index in [0.29, 0.717) is 39.5 Å². The quantitative estimate of drug-likeness (QED) is 0.557. The van der Waals surface area contributed by atoms with Crippen LogP contribution in [0.2, 0.25) is 10.0 Å². The minimum Gasteiger partial charge on any atom is -0.484 e. The minimum absolute atomic E-state index is 0.0846. The normalized spacial score (nSPS) is 11.1. The van der Waals surface area contributed by atoms with Crippen molar-refractivity contribution in [2.45, 2.75) is 0 Å². The monoisotopic (exact) mass is 423 g/mol. The Hall–Kier alpha value is -1.86. The second-order valence-electron chi connectivity index (χ2n) is 6.17. The fourth-order valence-corrected chi connectivity index (χ4v) is 3.83. The number of carbonyl (C=O) groups is 1. The van der Waals surface area contributed by atoms with Crippen LogP contribution in [0.25, 0.3) is 10.2 Å². The summed E-state index contributed by atoms with van der Waals surface area (Å²) in [5.41, 5.74) is 0.709. The number of para-hydroxylation sites is 1. The Morgan fingerprint density at radius 3 is 2.52 bits per heavy atom. The average molecular weight is 424 g/mol. The van der Waals surface area contributed by atoms with E-state index in [-0.39, 0.29) is 12.5 Å². The number of amides is 1. The van der Waals surface area contributed by atoms with E-state index in [9.17, 15) is 4.79 Å². The molecule has 0 atom stereocenters. The van der Waals surface area contributed by atoms with E-state index in [4.69, 9.17) is 27.9 Å². The van der Waals surface area contributed by atoms with E-state index < -0.39 is 0 Å². The Kier molecular flexibility index (Phi) is 6.55. The van der Waals surface area contributed by atoms with E-state index >= 15 is 0 Å². The van der Waals surface area contributed by atoms with Crippen molar-refractivity contribution in [1.29, 1.82) is 0 Å². The maximum atomic E-state index is 12.8. The first-order chi connectivity index (χ1) is 12.9. The number of ether oxygens (including phenoxy) is 1. The first kappa shape index (κ1) is 19.9. The first-order valence-corrected chi connectivity index (χ1v) is 9.90. The van der Waals surface area contributed by atoms with Crippen molar-refractivity contribution in [1.82, 2.24) is 9.88 Å². The number of anilines is 1. The third-order valence-corrected chi connectivity index (χ3v) is 5.44. The van der Waals surface area contributed by atoms with Gasteiger partial charge >= 0.3 is 0 Å². The Bertz CT molecular complexity index is 928. The highest BCUT2D eigenvalue weighted by Gasteiger charge is 2.21. The Morgan fingerprint density at radius 1 is 1.11 bits per heavy atom. The predicted molar refractivity (Wildman–Crippen MR) is 112 cm³/mol. The molecule has 8 heteroatoms. The van der Waals surface area contributed by atoms with Crippen LogP contribution in [0.15, 0.2) is 42.5 Å². The third kappa shape index (κ3) is 5.11. The van der Waals surface area contributed by atoms with E-state index in [1.807, 2.05) is 31.1 Å². The number of thiazole rings is 1. The second-order valence-corrected chi connectivity index (χ2v) is 8.03. The van der Waals surface area contributed by atoms with Crippen molar-refractivity contribution >= 4 is 55.8 Å². The summed E-state index contributed by atoms with van der Waals surface area (Å²) < 4.78 is 6.56. The zero-order valence-electron chi connectivity index (χ0n) is 15.0. The van der Waals surface area contributed by atoms with Gasteiger partial charge in [0.2, 0.25) is 0 Å². The topological polar surface area (TPSA) is 45.7 Å². The summed E-state index contributed by atoms with van der Waals surface area (Å²) in [4.78, 5) is 21.1. The van der Waals surface area contributed by atoms with Crippen molar-refractivity contribution in [3.05, 3.63) is 52.5 Å². The Labute approximate surface area is 172 Å². The van der Waals surface area contributed by atoms with Gasteiger partial charge in [-0.1, -0.05) is 40.6 Å². The van der Waals surface area contributed by atoms with Gasteiger partial charge in [-0.3, -0.25) is 9.69 Å². The fraction of sp³-hybridized carbons (Fsp3) is 0.263. The lowest BCUT2D eigenvalue weighted by atomic mass is 10.3. The van der Waals surface area contributed by atoms with Gasteiger partial charge in [0, 0.05) is 18.1 Å². The molecule has 0 spiro atoms. The SMILES string of the molecule is CN(C)CCN(C(=O)COc1ccc(Cl)cc1)c1nc2c(Cl)cccc2s1. The molecule has 0 aliphatic heterocycles. The van der Waals surface area contributed by atoms with Gasteiger partial charge in [0.15, 0.2) is 11.7 Å². The number of carbonyl (C=O) groups excluding carboxylic acids is 1. The van der Waals surface area contributed by atoms with Crippen molar-refractivity contribution < 1.29 is 9.53 Å². The summed E-state index contributed by atoms with van der Waals surface area (Å²) in [7, 11) is 3.92. The molecule has 142 valence electrons. The van der Waals surface area contributed by atoms with Gasteiger partial charge in [0.25, 0.3) is 5.91 Å². The molecule has 5 nitrogen and oxygen atoms in total. The van der Waals surface area contributed by atoms with Crippen LogP contribution in [-0.4, -0.2) is 49.6 Å². The average Bonchev–Trinajstić information content (AvgIpc) is 3.06. The fourth-order valence-electron chi connectivity index (χ4n) is 2.40. The molecule has 0 N–H and O–H groups in total. The van der Waals surface area contributed by atoms with Crippen LogP contribution >= 0.6 is 34.5 Å². The molecule has 0 radical (unpaired) electrons. The predicted octanol–water partition coefficient (Wildman–Crippen LogP) is 4.58. The Morgan fingerprint density at radius 2 is 1.85 bits per heavy atom. The summed E-state index contributed by atoms with van der Waals surface area (Å²) in [5, 5.41) is 1.81. The molecule has 0 aliphatic rings. The number of rotatable bonds is 7. The van der Waals surface area contributed by atoms with Crippen molar-refractivity contribution in [2.24, 2.45) is 0 Å². The van der Waals surface area contributed by atoms with Crippen molar-refractivity contribution in [2.75, 3.05) is 38.7 Å². The molecule has 0 unspecified atom stereocenters. The molecular formula is C19H19Cl2N3O2S. The highest BCUT2D eigenvalue weighted by atomic mass is 35.5. The Balaban J connectivity index is 1.79. The lowest BCUT2D eigenvalue weighted by Crippen LogP contribution is -2.39. The number of aromatic nitrogens is 1. The maximum Gasteiger partial charge on any atom is 0.266 e. The number of nitrogens with zero attached hydrogens (tertiary/aromatic N) is 3. The van der Waals surface area contributed by atoms with Crippen LogP contribution in [0.4, 0.5) is 5.13 Å². The molecule has 2 aromatic carbocycles. The van der Waals surface area contributed by atoms with Gasteiger partial charge in [0.05, 0.1) is 9.72 Å². The van der Waals surface area contributed by atoms with Crippen LogP contribution in [0, 0.1) is 0 Å². The summed E-state index contributed by atoms with van der Waals surface area (Å²) in [6.45, 7) is 1.13. The van der Waals surface area contributed by atoms with Gasteiger partial charge in [0.1, 0.15) is 11.3 Å². The zero-order valence-corrected chi connectivity index (χ0v) is 17.3. The van der Waals surface area contributed by atoms with Gasteiger partial charge < -0.3 is 9.64 Å². The summed E-state index contributed by atoms with van der Waals surface area (Å²) in [6, 6.07) is 12.5. The molecule has 1 amide bonds. The number of halogens is 2. The standard InChI is InChI=1S/C19H19Cl2N3O2S/c1-23(2)10-11-24(17(25)12-26-14-8-6-13(20)7-9-14)19-22-18-15(21)4-3-5-16(18)27-19/h3-9H,10-12H2,1-2H3. The number of hydrogen-bond acceptors (Lipinski definition) is 5. The molecular weight excluding hydrogens is 405 g/mol. The minimum atomic E-state index is -0.165. The molecule has 1 aromatic heterocycles. The first-order valence-electron chi connectivity index (χ1n) is 8.32. The second kappa shape index (κ2) is 8.89. The van der Waals surface area contributed by atoms with Crippen LogP contribution in [0.3, 0.4) is 0 Å². The molecule has 27 heavy (non-hydrogen) atoms. The highest BCUT2D eigenvalue weighted by molar-refractivity contribution is 7.22. The smallest absolute Gasteiger partial charge is 0.266 e. The molecule has 0 saturated heterocycles. The van der Waals surface area contributed by atoms with E-state index in [2.05, 4.69) is 4.98 Å². The number of fused-ring (bicyclic) bond motifs is 1. The molecule has 0 saturated carbocycles. The van der Waals surface area contributed by atoms with Gasteiger partial charge in [-0.15, -0.1) is 0 Å². The zero-order chi connectivity index (χ0) is 19.4. The lowest BCUT2D eigenvalue weighted by molar-refractivity contribution is -0.120. The van der Waals surface area contributed by atoms with E-state index in [1.165, 1.54) is 11.3 Å². The van der Waals surface area contributed by atoms with E-state index in [0.717, 1.165) is 4.70 Å². The van der Waals surface area contributed by atoms with Gasteiger partial charge in [-0.25, -0.2) is 4.98 Å². The third-order valence-electron chi connectivity index (χ3n) is 3.84. The molecule has 0 bridgehead atoms. The van der Waals surface area contributed by atoms with Crippen molar-refractivity contribution in [3.63, 3.8) is 0 Å². The van der Waals surface area contributed by atoms with Crippen LogP contribution < -0.4 is 9.64 Å². The van der Waals surface area contributed by atoms with Crippen molar-refractivity contribution in [3.8, 4) is 5.75 Å². The molecule has 3 rings (SSSR count). The molecule has 0 aliphatic carbocycles. The number of likely N-dealkylation sites (N-methyl/N-ethyl adjacent to an activating group) is 1. The largest absolute Gasteiger partial charge is 0.484 e. The summed E-state index contributed by atoms with van der Waals surface area (Å²) in [6.07, 6.45) is 0. The van der Waals surface area contributed by atoms with E-state index in [1.54, 1.807) is 35.2 Å². The summed E-state index contributed by atoms with van der Waals surface area (Å²) >= 11 is 13.5. The van der Waals surface area contributed by atoms with Crippen LogP contribution in [-0.2, 0) is 4.79 Å². The maximum absolute atomic E-state index is 12.8. The molecule has 1 heterocycles. The lowest BCUT2D eigenvalue weighted by Gasteiger charge is -2.22. The van der Waals surface area contributed by atoms with Gasteiger partial charge in [-0.2, -0.15) is 0 Å². The highest BCUT2D eigenvalue weighted by Crippen LogP contribution is 2.32. The summed E-state index contributed by atoms with van der Waals surface area (Å²) in [5.74, 6) is 0.426. The number of hydrogen-bond donors (Lipinski definition) is 0. The molecule has 0 fully saturated rings. The molecule has 3 aromatic rings. The number of benzene rings is 2. The van der Waals surface area contributed by atoms with Gasteiger partial charge in [-0.05, 0) is 50.5 Å². The van der Waals surface area contributed by atoms with Crippen LogP contribution in [0.1, 0.15) is 0 Å². The van der Waals surface area contributed by atoms with Crippen LogP contribution in [0.5, 0.6) is 5.75 Å².